The summed E-state index contributed by atoms with van der Waals surface area (Å²) in [6, 6.07) is 6.29. The Bertz CT molecular complexity index is 568. The first-order valence-corrected chi connectivity index (χ1v) is 6.45. The summed E-state index contributed by atoms with van der Waals surface area (Å²) in [5.74, 6) is 0.506. The number of rotatable bonds is 3. The van der Waals surface area contributed by atoms with E-state index in [0.717, 1.165) is 11.3 Å². The van der Waals surface area contributed by atoms with Crippen LogP contribution in [0, 0.1) is 0 Å². The lowest BCUT2D eigenvalue weighted by molar-refractivity contribution is -0.131. The molecule has 0 aromatic heterocycles. The Hall–Kier alpha value is -2.37. The molecule has 2 aliphatic heterocycles. The average molecular weight is 273 g/mol. The third-order valence-electron chi connectivity index (χ3n) is 3.58. The standard InChI is InChI=1S/C14H15N3O3/c1-20-10-4-2-9(3-5-10)8-17-13(18)12-11(6-7-15-12)16-14(17)19/h2-5,7,11-12H,6,8H2,1H3,(H,16,19)/t11-,12+/m0/s1. The Morgan fingerprint density at radius 1 is 1.35 bits per heavy atom. The Kier molecular flexibility index (Phi) is 3.14. The quantitative estimate of drug-likeness (QED) is 0.891. The number of hydrogen-bond donors (Lipinski definition) is 1. The largest absolute Gasteiger partial charge is 0.497 e. The molecule has 0 radical (unpaired) electrons. The number of nitrogens with zero attached hydrogens (tertiary/aromatic N) is 2. The molecule has 2 heterocycles. The van der Waals surface area contributed by atoms with Gasteiger partial charge in [0.15, 0.2) is 0 Å². The molecule has 0 aliphatic carbocycles. The van der Waals surface area contributed by atoms with Crippen LogP contribution in [-0.4, -0.2) is 42.2 Å². The number of carbonyl (C=O) groups is 2. The molecule has 0 saturated carbocycles. The lowest BCUT2D eigenvalue weighted by Crippen LogP contribution is -2.60. The molecular formula is C14H15N3O3. The van der Waals surface area contributed by atoms with Crippen LogP contribution in [0.15, 0.2) is 29.3 Å². The molecule has 2 aliphatic rings. The molecule has 1 fully saturated rings. The van der Waals surface area contributed by atoms with Crippen molar-refractivity contribution in [2.24, 2.45) is 4.99 Å². The number of aliphatic imine (C=N–C) groups is 1. The fourth-order valence-corrected chi connectivity index (χ4v) is 2.45. The first-order valence-electron chi connectivity index (χ1n) is 6.45. The summed E-state index contributed by atoms with van der Waals surface area (Å²) in [6.45, 7) is 0.243. The molecular weight excluding hydrogens is 258 g/mol. The van der Waals surface area contributed by atoms with Gasteiger partial charge in [-0.2, -0.15) is 0 Å². The molecule has 0 spiro atoms. The number of methoxy groups -OCH3 is 1. The Balaban J connectivity index is 1.76. The van der Waals surface area contributed by atoms with Crippen LogP contribution in [0.2, 0.25) is 0 Å². The molecule has 6 nitrogen and oxygen atoms in total. The van der Waals surface area contributed by atoms with Crippen LogP contribution in [-0.2, 0) is 11.3 Å². The van der Waals surface area contributed by atoms with E-state index in [-0.39, 0.29) is 24.5 Å². The third kappa shape index (κ3) is 2.13. The molecule has 20 heavy (non-hydrogen) atoms. The van der Waals surface area contributed by atoms with Crippen molar-refractivity contribution in [1.29, 1.82) is 0 Å². The highest BCUT2D eigenvalue weighted by Gasteiger charge is 2.42. The zero-order valence-electron chi connectivity index (χ0n) is 11.1. The van der Waals surface area contributed by atoms with E-state index in [1.165, 1.54) is 4.90 Å². The second-order valence-electron chi connectivity index (χ2n) is 4.84. The normalized spacial score (nSPS) is 24.6. The minimum atomic E-state index is -0.467. The summed E-state index contributed by atoms with van der Waals surface area (Å²) in [6.07, 6.45) is 2.32. The number of hydrogen-bond acceptors (Lipinski definition) is 4. The van der Waals surface area contributed by atoms with Gasteiger partial charge in [0.1, 0.15) is 11.8 Å². The second-order valence-corrected chi connectivity index (χ2v) is 4.84. The van der Waals surface area contributed by atoms with Crippen LogP contribution in [0.1, 0.15) is 12.0 Å². The maximum atomic E-state index is 12.3. The first-order chi connectivity index (χ1) is 9.69. The lowest BCUT2D eigenvalue weighted by atomic mass is 10.0. The Morgan fingerprint density at radius 2 is 2.10 bits per heavy atom. The van der Waals surface area contributed by atoms with Crippen LogP contribution < -0.4 is 10.1 Å². The van der Waals surface area contributed by atoms with Gasteiger partial charge in [-0.3, -0.25) is 14.7 Å². The van der Waals surface area contributed by atoms with Crippen LogP contribution in [0.5, 0.6) is 5.75 Å². The van der Waals surface area contributed by atoms with Gasteiger partial charge in [0.05, 0.1) is 19.7 Å². The molecule has 2 atom stereocenters. The van der Waals surface area contributed by atoms with Gasteiger partial charge in [-0.1, -0.05) is 12.1 Å². The van der Waals surface area contributed by atoms with Crippen LogP contribution in [0.25, 0.3) is 0 Å². The van der Waals surface area contributed by atoms with Gasteiger partial charge >= 0.3 is 6.03 Å². The summed E-state index contributed by atoms with van der Waals surface area (Å²) in [4.78, 5) is 29.6. The minimum Gasteiger partial charge on any atom is -0.497 e. The molecule has 3 amide bonds. The number of carbonyl (C=O) groups excluding carboxylic acids is 2. The van der Waals surface area contributed by atoms with E-state index in [1.807, 2.05) is 12.1 Å². The number of benzene rings is 1. The number of amides is 3. The molecule has 3 rings (SSSR count). The van der Waals surface area contributed by atoms with Crippen molar-refractivity contribution >= 4 is 18.2 Å². The van der Waals surface area contributed by atoms with Crippen molar-refractivity contribution < 1.29 is 14.3 Å². The van der Waals surface area contributed by atoms with Crippen molar-refractivity contribution in [3.05, 3.63) is 29.8 Å². The smallest absolute Gasteiger partial charge is 0.324 e. The molecule has 1 N–H and O–H groups in total. The van der Waals surface area contributed by atoms with Gasteiger partial charge in [0.2, 0.25) is 0 Å². The van der Waals surface area contributed by atoms with Crippen molar-refractivity contribution in [2.75, 3.05) is 7.11 Å². The summed E-state index contributed by atoms with van der Waals surface area (Å²) in [7, 11) is 1.59. The molecule has 6 heteroatoms. The molecule has 104 valence electrons. The van der Waals surface area contributed by atoms with E-state index < -0.39 is 6.04 Å². The van der Waals surface area contributed by atoms with E-state index in [0.29, 0.717) is 6.42 Å². The minimum absolute atomic E-state index is 0.179. The predicted octanol–water partition coefficient (Wildman–Crippen LogP) is 0.959. The van der Waals surface area contributed by atoms with Gasteiger partial charge < -0.3 is 10.1 Å². The van der Waals surface area contributed by atoms with E-state index in [1.54, 1.807) is 25.5 Å². The zero-order valence-corrected chi connectivity index (χ0v) is 11.1. The number of fused-ring (bicyclic) bond motifs is 1. The van der Waals surface area contributed by atoms with Gasteiger partial charge in [-0.05, 0) is 17.7 Å². The predicted molar refractivity (Wildman–Crippen MR) is 72.8 cm³/mol. The number of ether oxygens (including phenoxy) is 1. The van der Waals surface area contributed by atoms with Crippen LogP contribution in [0.4, 0.5) is 4.79 Å². The van der Waals surface area contributed by atoms with E-state index in [9.17, 15) is 9.59 Å². The highest BCUT2D eigenvalue weighted by atomic mass is 16.5. The summed E-state index contributed by atoms with van der Waals surface area (Å²) < 4.78 is 5.08. The molecule has 0 bridgehead atoms. The van der Waals surface area contributed by atoms with E-state index in [2.05, 4.69) is 10.3 Å². The average Bonchev–Trinajstić information content (AvgIpc) is 2.92. The molecule has 1 aromatic rings. The third-order valence-corrected chi connectivity index (χ3v) is 3.58. The fraction of sp³-hybridized carbons (Fsp3) is 0.357. The maximum Gasteiger partial charge on any atom is 0.324 e. The topological polar surface area (TPSA) is 71.0 Å². The van der Waals surface area contributed by atoms with E-state index >= 15 is 0 Å². The SMILES string of the molecule is COc1ccc(CN2C(=O)N[C@H]3CC=N[C@H]3C2=O)cc1. The van der Waals surface area contributed by atoms with E-state index in [4.69, 9.17) is 4.74 Å². The summed E-state index contributed by atoms with van der Waals surface area (Å²) in [5.41, 5.74) is 0.870. The Morgan fingerprint density at radius 3 is 2.80 bits per heavy atom. The van der Waals surface area contributed by atoms with Crippen LogP contribution in [0.3, 0.4) is 0 Å². The number of urea groups is 1. The van der Waals surface area contributed by atoms with Crippen molar-refractivity contribution in [2.45, 2.75) is 25.0 Å². The van der Waals surface area contributed by atoms with Crippen LogP contribution >= 0.6 is 0 Å². The number of nitrogens with one attached hydrogen (secondary N) is 1. The molecule has 0 unspecified atom stereocenters. The first kappa shape index (κ1) is 12.7. The zero-order chi connectivity index (χ0) is 14.1. The molecule has 1 aromatic carbocycles. The van der Waals surface area contributed by atoms with Crippen molar-refractivity contribution in [3.8, 4) is 5.75 Å². The number of imide groups is 1. The Labute approximate surface area is 116 Å². The van der Waals surface area contributed by atoms with Crippen molar-refractivity contribution in [3.63, 3.8) is 0 Å². The van der Waals surface area contributed by atoms with Gasteiger partial charge in [-0.25, -0.2) is 4.79 Å². The van der Waals surface area contributed by atoms with Gasteiger partial charge in [0.25, 0.3) is 5.91 Å². The maximum absolute atomic E-state index is 12.3. The lowest BCUT2D eigenvalue weighted by Gasteiger charge is -2.32. The highest BCUT2D eigenvalue weighted by molar-refractivity contribution is 6.02. The summed E-state index contributed by atoms with van der Waals surface area (Å²) >= 11 is 0. The van der Waals surface area contributed by atoms with Crippen molar-refractivity contribution in [1.82, 2.24) is 10.2 Å². The van der Waals surface area contributed by atoms with Gasteiger partial charge in [-0.15, -0.1) is 0 Å². The summed E-state index contributed by atoms with van der Waals surface area (Å²) in [5, 5.41) is 2.82. The second kappa shape index (κ2) is 4.96. The van der Waals surface area contributed by atoms with Gasteiger partial charge in [0, 0.05) is 12.6 Å². The monoisotopic (exact) mass is 273 g/mol. The fourth-order valence-electron chi connectivity index (χ4n) is 2.45. The highest BCUT2D eigenvalue weighted by Crippen LogP contribution is 2.21. The molecule has 1 saturated heterocycles.